The zero-order valence-electron chi connectivity index (χ0n) is 11.0. The third kappa shape index (κ3) is 2.11. The van der Waals surface area contributed by atoms with Gasteiger partial charge in [0.05, 0.1) is 0 Å². The average molecular weight is 293 g/mol. The highest BCUT2D eigenvalue weighted by atomic mass is 32.2. The molecular weight excluding hydrogens is 282 g/mol. The maximum Gasteiger partial charge on any atom is 0.261 e. The van der Waals surface area contributed by atoms with Gasteiger partial charge in [-0.05, 0) is 42.1 Å². The van der Waals surface area contributed by atoms with Crippen molar-refractivity contribution in [1.29, 1.82) is 0 Å². The molecule has 21 heavy (non-hydrogen) atoms. The Hall–Kier alpha value is -2.53. The van der Waals surface area contributed by atoms with Gasteiger partial charge in [-0.15, -0.1) is 0 Å². The molecule has 0 amide bonds. The van der Waals surface area contributed by atoms with E-state index >= 15 is 0 Å². The first kappa shape index (κ1) is 12.2. The molecule has 2 aromatic heterocycles. The van der Waals surface area contributed by atoms with Gasteiger partial charge in [-0.2, -0.15) is 0 Å². The van der Waals surface area contributed by atoms with Gasteiger partial charge in [0.2, 0.25) is 0 Å². The van der Waals surface area contributed by atoms with E-state index in [2.05, 4.69) is 9.97 Å². The van der Waals surface area contributed by atoms with Crippen LogP contribution in [0.3, 0.4) is 0 Å². The second-order valence-corrected chi connectivity index (χ2v) is 5.62. The Morgan fingerprint density at radius 2 is 1.90 bits per heavy atom. The summed E-state index contributed by atoms with van der Waals surface area (Å²) in [6.07, 6.45) is 3.54. The Balaban J connectivity index is 1.82. The van der Waals surface area contributed by atoms with Crippen LogP contribution in [-0.4, -0.2) is 9.97 Å². The monoisotopic (exact) mass is 293 g/mol. The van der Waals surface area contributed by atoms with Crippen molar-refractivity contribution in [3.05, 3.63) is 54.9 Å². The molecule has 2 aromatic carbocycles. The number of anilines is 1. The highest BCUT2D eigenvalue weighted by Crippen LogP contribution is 2.36. The molecule has 4 nitrogen and oxygen atoms in total. The molecule has 2 N–H and O–H groups in total. The first-order chi connectivity index (χ1) is 10.3. The Labute approximate surface area is 125 Å². The molecule has 0 atom stereocenters. The van der Waals surface area contributed by atoms with Crippen LogP contribution < -0.4 is 5.73 Å². The largest absolute Gasteiger partial charge is 0.431 e. The number of hydrogen-bond acceptors (Lipinski definition) is 5. The van der Waals surface area contributed by atoms with E-state index in [1.165, 1.54) is 11.8 Å². The summed E-state index contributed by atoms with van der Waals surface area (Å²) >= 11 is 1.49. The van der Waals surface area contributed by atoms with Crippen molar-refractivity contribution in [2.24, 2.45) is 0 Å². The number of aromatic nitrogens is 2. The van der Waals surface area contributed by atoms with Gasteiger partial charge in [0.15, 0.2) is 5.58 Å². The van der Waals surface area contributed by atoms with Crippen LogP contribution in [0.4, 0.5) is 5.69 Å². The summed E-state index contributed by atoms with van der Waals surface area (Å²) in [5.41, 5.74) is 8.37. The molecule has 0 saturated heterocycles. The van der Waals surface area contributed by atoms with Crippen LogP contribution in [0.15, 0.2) is 69.4 Å². The highest BCUT2D eigenvalue weighted by Gasteiger charge is 2.10. The van der Waals surface area contributed by atoms with Crippen molar-refractivity contribution in [2.45, 2.75) is 10.1 Å². The van der Waals surface area contributed by atoms with E-state index < -0.39 is 0 Å². The molecule has 0 bridgehead atoms. The molecule has 102 valence electrons. The molecule has 4 rings (SSSR count). The van der Waals surface area contributed by atoms with E-state index in [0.29, 0.717) is 5.22 Å². The Morgan fingerprint density at radius 1 is 1.00 bits per heavy atom. The van der Waals surface area contributed by atoms with Crippen LogP contribution >= 0.6 is 11.8 Å². The predicted octanol–water partition coefficient (Wildman–Crippen LogP) is 4.11. The topological polar surface area (TPSA) is 64.9 Å². The summed E-state index contributed by atoms with van der Waals surface area (Å²) in [5.74, 6) is 0. The number of hydrogen-bond donors (Lipinski definition) is 1. The van der Waals surface area contributed by atoms with Crippen LogP contribution in [-0.2, 0) is 0 Å². The number of nitrogen functional groups attached to an aromatic ring is 1. The van der Waals surface area contributed by atoms with E-state index in [1.54, 1.807) is 12.4 Å². The zero-order valence-corrected chi connectivity index (χ0v) is 11.8. The number of fused-ring (bicyclic) bond motifs is 2. The minimum absolute atomic E-state index is 0.624. The quantitative estimate of drug-likeness (QED) is 0.563. The van der Waals surface area contributed by atoms with Gasteiger partial charge in [0, 0.05) is 33.7 Å². The molecule has 5 heteroatoms. The van der Waals surface area contributed by atoms with E-state index in [9.17, 15) is 0 Å². The fourth-order valence-electron chi connectivity index (χ4n) is 2.26. The lowest BCUT2D eigenvalue weighted by atomic mass is 10.1. The molecule has 4 aromatic rings. The lowest BCUT2D eigenvalue weighted by molar-refractivity contribution is 0.489. The van der Waals surface area contributed by atoms with Gasteiger partial charge >= 0.3 is 0 Å². The minimum atomic E-state index is 0.624. The highest BCUT2D eigenvalue weighted by molar-refractivity contribution is 7.99. The van der Waals surface area contributed by atoms with Gasteiger partial charge in [-0.3, -0.25) is 4.98 Å². The van der Waals surface area contributed by atoms with Crippen LogP contribution in [0.1, 0.15) is 0 Å². The molecular formula is C16H11N3OS. The Kier molecular flexibility index (Phi) is 2.79. The summed E-state index contributed by atoms with van der Waals surface area (Å²) < 4.78 is 5.76. The number of benzene rings is 2. The van der Waals surface area contributed by atoms with Gasteiger partial charge in [0.25, 0.3) is 5.22 Å². The van der Waals surface area contributed by atoms with E-state index in [0.717, 1.165) is 32.5 Å². The predicted molar refractivity (Wildman–Crippen MR) is 84.3 cm³/mol. The Bertz CT molecular complexity index is 915. The lowest BCUT2D eigenvalue weighted by Gasteiger charge is -2.05. The Morgan fingerprint density at radius 3 is 2.81 bits per heavy atom. The maximum atomic E-state index is 5.99. The summed E-state index contributed by atoms with van der Waals surface area (Å²) in [4.78, 5) is 9.66. The van der Waals surface area contributed by atoms with Crippen LogP contribution in [0.2, 0.25) is 0 Å². The van der Waals surface area contributed by atoms with Gasteiger partial charge in [0.1, 0.15) is 5.52 Å². The van der Waals surface area contributed by atoms with E-state index in [-0.39, 0.29) is 0 Å². The molecule has 0 aliphatic carbocycles. The first-order valence-electron chi connectivity index (χ1n) is 6.47. The second kappa shape index (κ2) is 4.79. The van der Waals surface area contributed by atoms with Crippen molar-refractivity contribution in [2.75, 3.05) is 5.73 Å². The maximum absolute atomic E-state index is 5.99. The number of nitrogens with zero attached hydrogens (tertiary/aromatic N) is 2. The van der Waals surface area contributed by atoms with Crippen LogP contribution in [0.5, 0.6) is 0 Å². The third-order valence-corrected chi connectivity index (χ3v) is 4.21. The normalized spacial score (nSPS) is 11.2. The summed E-state index contributed by atoms with van der Waals surface area (Å²) in [6.45, 7) is 0. The van der Waals surface area contributed by atoms with Crippen molar-refractivity contribution in [3.8, 4) is 0 Å². The zero-order chi connectivity index (χ0) is 14.2. The molecule has 0 saturated carbocycles. The van der Waals surface area contributed by atoms with E-state index in [4.69, 9.17) is 10.2 Å². The van der Waals surface area contributed by atoms with E-state index in [1.807, 2.05) is 42.5 Å². The van der Waals surface area contributed by atoms with Crippen molar-refractivity contribution >= 4 is 39.3 Å². The third-order valence-electron chi connectivity index (χ3n) is 3.28. The first-order valence-corrected chi connectivity index (χ1v) is 7.28. The smallest absolute Gasteiger partial charge is 0.261 e. The fourth-order valence-corrected chi connectivity index (χ4v) is 3.15. The lowest BCUT2D eigenvalue weighted by Crippen LogP contribution is -1.89. The number of nitrogens with two attached hydrogens (primary N) is 1. The summed E-state index contributed by atoms with van der Waals surface area (Å²) in [6, 6.07) is 13.6. The van der Waals surface area contributed by atoms with Crippen molar-refractivity contribution < 1.29 is 4.42 Å². The average Bonchev–Trinajstić information content (AvgIpc) is 2.93. The molecule has 0 radical (unpaired) electrons. The fraction of sp³-hybridized carbons (Fsp3) is 0. The summed E-state index contributed by atoms with van der Waals surface area (Å²) in [7, 11) is 0. The van der Waals surface area contributed by atoms with Gasteiger partial charge in [-0.1, -0.05) is 12.1 Å². The second-order valence-electron chi connectivity index (χ2n) is 4.62. The van der Waals surface area contributed by atoms with Gasteiger partial charge < -0.3 is 10.2 Å². The molecule has 0 fully saturated rings. The van der Waals surface area contributed by atoms with Crippen LogP contribution in [0.25, 0.3) is 21.9 Å². The molecule has 0 aliphatic rings. The van der Waals surface area contributed by atoms with Crippen molar-refractivity contribution in [3.63, 3.8) is 0 Å². The molecule has 2 heterocycles. The van der Waals surface area contributed by atoms with Gasteiger partial charge in [-0.25, -0.2) is 4.98 Å². The SMILES string of the molecule is Nc1ccc(Sc2nc3ccccc3o2)c2ccncc12. The van der Waals surface area contributed by atoms with Crippen LogP contribution in [0, 0.1) is 0 Å². The number of pyridine rings is 1. The molecule has 0 aliphatic heterocycles. The standard InChI is InChI=1S/C16H11N3OS/c17-12-5-6-15(10-7-8-18-9-11(10)12)21-16-19-13-3-1-2-4-14(13)20-16/h1-9H,17H2. The molecule has 0 spiro atoms. The minimum Gasteiger partial charge on any atom is -0.431 e. The number of rotatable bonds is 2. The number of para-hydroxylation sites is 2. The number of oxazole rings is 1. The summed E-state index contributed by atoms with van der Waals surface area (Å²) in [5, 5.41) is 2.62. The van der Waals surface area contributed by atoms with Crippen molar-refractivity contribution in [1.82, 2.24) is 9.97 Å². The molecule has 0 unspecified atom stereocenters.